The molecule has 0 aromatic heterocycles. The van der Waals surface area contributed by atoms with E-state index in [2.05, 4.69) is 11.8 Å². The summed E-state index contributed by atoms with van der Waals surface area (Å²) in [6, 6.07) is 0. The van der Waals surface area contributed by atoms with E-state index in [1.807, 2.05) is 6.92 Å². The lowest BCUT2D eigenvalue weighted by molar-refractivity contribution is 0.0610. The lowest BCUT2D eigenvalue weighted by atomic mass is 9.85. The van der Waals surface area contributed by atoms with Crippen LogP contribution in [0.2, 0.25) is 0 Å². The second-order valence-corrected chi connectivity index (χ2v) is 3.62. The van der Waals surface area contributed by atoms with Gasteiger partial charge < -0.3 is 9.84 Å². The normalized spacial score (nSPS) is 20.1. The van der Waals surface area contributed by atoms with Gasteiger partial charge in [0.05, 0.1) is 12.9 Å². The van der Waals surface area contributed by atoms with Crippen LogP contribution in [0.5, 0.6) is 0 Å². The lowest BCUT2D eigenvalue weighted by Crippen LogP contribution is -2.29. The number of hydrogen-bond donors (Lipinski definition) is 1. The van der Waals surface area contributed by atoms with Crippen LogP contribution in [-0.2, 0) is 4.74 Å². The number of rotatable bonds is 2. The van der Waals surface area contributed by atoms with E-state index in [0.717, 1.165) is 25.7 Å². The average molecular weight is 194 g/mol. The standard InChI is InChI=1S/C12H18O2/c1-2-14-11-7-6-10-12(13)8-4-3-5-9-12/h7,11,13H,2-5,8-9H2,1H3. The third-order valence-electron chi connectivity index (χ3n) is 2.40. The van der Waals surface area contributed by atoms with Gasteiger partial charge in [0, 0.05) is 6.08 Å². The Hall–Kier alpha value is -0.940. The van der Waals surface area contributed by atoms with E-state index in [1.54, 1.807) is 12.3 Å². The number of hydrogen-bond acceptors (Lipinski definition) is 2. The second kappa shape index (κ2) is 5.72. The Morgan fingerprint density at radius 1 is 1.36 bits per heavy atom. The zero-order valence-electron chi connectivity index (χ0n) is 8.75. The van der Waals surface area contributed by atoms with Crippen LogP contribution in [0.3, 0.4) is 0 Å². The third kappa shape index (κ3) is 3.85. The van der Waals surface area contributed by atoms with Gasteiger partial charge in [-0.2, -0.15) is 0 Å². The molecular weight excluding hydrogens is 176 g/mol. The lowest BCUT2D eigenvalue weighted by Gasteiger charge is -2.26. The van der Waals surface area contributed by atoms with Crippen molar-refractivity contribution in [1.82, 2.24) is 0 Å². The van der Waals surface area contributed by atoms with E-state index < -0.39 is 5.60 Å². The van der Waals surface area contributed by atoms with Crippen LogP contribution in [-0.4, -0.2) is 17.3 Å². The highest BCUT2D eigenvalue weighted by Crippen LogP contribution is 2.26. The first-order valence-corrected chi connectivity index (χ1v) is 5.28. The van der Waals surface area contributed by atoms with Crippen molar-refractivity contribution in [3.63, 3.8) is 0 Å². The summed E-state index contributed by atoms with van der Waals surface area (Å²) in [4.78, 5) is 0. The van der Waals surface area contributed by atoms with Gasteiger partial charge in [0.2, 0.25) is 0 Å². The number of ether oxygens (including phenoxy) is 1. The van der Waals surface area contributed by atoms with Gasteiger partial charge in [0.25, 0.3) is 0 Å². The summed E-state index contributed by atoms with van der Waals surface area (Å²) in [6.45, 7) is 2.58. The molecule has 2 heteroatoms. The molecule has 0 spiro atoms. The summed E-state index contributed by atoms with van der Waals surface area (Å²) in [5.74, 6) is 5.72. The van der Waals surface area contributed by atoms with E-state index in [4.69, 9.17) is 4.74 Å². The van der Waals surface area contributed by atoms with Crippen molar-refractivity contribution in [2.24, 2.45) is 0 Å². The van der Waals surface area contributed by atoms with Gasteiger partial charge in [-0.15, -0.1) is 0 Å². The Kier molecular flexibility index (Phi) is 4.55. The van der Waals surface area contributed by atoms with E-state index in [9.17, 15) is 5.11 Å². The molecule has 0 aliphatic heterocycles. The predicted molar refractivity (Wildman–Crippen MR) is 56.6 cm³/mol. The minimum atomic E-state index is -0.741. The largest absolute Gasteiger partial charge is 0.501 e. The van der Waals surface area contributed by atoms with Gasteiger partial charge in [-0.25, -0.2) is 0 Å². The average Bonchev–Trinajstić information content (AvgIpc) is 2.18. The minimum absolute atomic E-state index is 0.655. The van der Waals surface area contributed by atoms with E-state index in [0.29, 0.717) is 6.61 Å². The molecule has 0 saturated heterocycles. The van der Waals surface area contributed by atoms with Crippen molar-refractivity contribution in [3.8, 4) is 11.8 Å². The maximum absolute atomic E-state index is 9.98. The molecule has 0 amide bonds. The Morgan fingerprint density at radius 3 is 2.71 bits per heavy atom. The molecular formula is C12H18O2. The van der Waals surface area contributed by atoms with Gasteiger partial charge >= 0.3 is 0 Å². The number of aliphatic hydroxyl groups is 1. The molecule has 1 aliphatic rings. The van der Waals surface area contributed by atoms with Crippen LogP contribution >= 0.6 is 0 Å². The maximum atomic E-state index is 9.98. The minimum Gasteiger partial charge on any atom is -0.501 e. The van der Waals surface area contributed by atoms with Gasteiger partial charge in [0.15, 0.2) is 0 Å². The Bertz CT molecular complexity index is 239. The fraction of sp³-hybridized carbons (Fsp3) is 0.667. The molecule has 0 atom stereocenters. The molecule has 2 nitrogen and oxygen atoms in total. The van der Waals surface area contributed by atoms with Crippen LogP contribution < -0.4 is 0 Å². The zero-order chi connectivity index (χ0) is 10.3. The van der Waals surface area contributed by atoms with E-state index in [1.165, 1.54) is 6.42 Å². The first-order valence-electron chi connectivity index (χ1n) is 5.28. The maximum Gasteiger partial charge on any atom is 0.125 e. The van der Waals surface area contributed by atoms with Gasteiger partial charge in [-0.3, -0.25) is 0 Å². The fourth-order valence-electron chi connectivity index (χ4n) is 1.62. The SMILES string of the molecule is CCOC=CC#CC1(O)CCCCC1. The first-order chi connectivity index (χ1) is 6.77. The van der Waals surface area contributed by atoms with Gasteiger partial charge in [0.1, 0.15) is 5.60 Å². The van der Waals surface area contributed by atoms with E-state index in [-0.39, 0.29) is 0 Å². The van der Waals surface area contributed by atoms with Crippen LogP contribution in [0.15, 0.2) is 12.3 Å². The molecule has 1 rings (SSSR count). The molecule has 0 bridgehead atoms. The predicted octanol–water partition coefficient (Wildman–Crippen LogP) is 2.24. The summed E-state index contributed by atoms with van der Waals surface area (Å²) in [7, 11) is 0. The molecule has 0 radical (unpaired) electrons. The molecule has 14 heavy (non-hydrogen) atoms. The highest BCUT2D eigenvalue weighted by Gasteiger charge is 2.26. The fourth-order valence-corrected chi connectivity index (χ4v) is 1.62. The molecule has 0 heterocycles. The molecule has 1 saturated carbocycles. The van der Waals surface area contributed by atoms with Crippen molar-refractivity contribution in [2.45, 2.75) is 44.6 Å². The van der Waals surface area contributed by atoms with Crippen molar-refractivity contribution >= 4 is 0 Å². The van der Waals surface area contributed by atoms with Gasteiger partial charge in [-0.05, 0) is 32.6 Å². The van der Waals surface area contributed by atoms with Crippen LogP contribution in [0.1, 0.15) is 39.0 Å². The Morgan fingerprint density at radius 2 is 2.07 bits per heavy atom. The first kappa shape index (κ1) is 11.1. The third-order valence-corrected chi connectivity index (χ3v) is 2.40. The highest BCUT2D eigenvalue weighted by atomic mass is 16.5. The smallest absolute Gasteiger partial charge is 0.125 e. The zero-order valence-corrected chi connectivity index (χ0v) is 8.75. The topological polar surface area (TPSA) is 29.5 Å². The van der Waals surface area contributed by atoms with E-state index >= 15 is 0 Å². The summed E-state index contributed by atoms with van der Waals surface area (Å²) in [5, 5.41) is 9.98. The van der Waals surface area contributed by atoms with Crippen LogP contribution in [0, 0.1) is 11.8 Å². The van der Waals surface area contributed by atoms with Crippen molar-refractivity contribution in [1.29, 1.82) is 0 Å². The Labute approximate surface area is 86.0 Å². The van der Waals surface area contributed by atoms with Crippen LogP contribution in [0.25, 0.3) is 0 Å². The van der Waals surface area contributed by atoms with Crippen LogP contribution in [0.4, 0.5) is 0 Å². The summed E-state index contributed by atoms with van der Waals surface area (Å²) < 4.78 is 4.99. The Balaban J connectivity index is 2.39. The molecule has 0 unspecified atom stereocenters. The highest BCUT2D eigenvalue weighted by molar-refractivity contribution is 5.21. The molecule has 1 N–H and O–H groups in total. The molecule has 78 valence electrons. The summed E-state index contributed by atoms with van der Waals surface area (Å²) >= 11 is 0. The molecule has 0 aromatic carbocycles. The van der Waals surface area contributed by atoms with Crippen molar-refractivity contribution in [2.75, 3.05) is 6.61 Å². The summed E-state index contributed by atoms with van der Waals surface area (Å²) in [5.41, 5.74) is -0.741. The van der Waals surface area contributed by atoms with Gasteiger partial charge in [-0.1, -0.05) is 18.3 Å². The molecule has 1 fully saturated rings. The quantitative estimate of drug-likeness (QED) is 0.539. The van der Waals surface area contributed by atoms with Crippen molar-refractivity contribution < 1.29 is 9.84 Å². The number of allylic oxidation sites excluding steroid dienone is 1. The monoisotopic (exact) mass is 194 g/mol. The van der Waals surface area contributed by atoms with Crippen molar-refractivity contribution in [3.05, 3.63) is 12.3 Å². The summed E-state index contributed by atoms with van der Waals surface area (Å²) in [6.07, 6.45) is 8.22. The second-order valence-electron chi connectivity index (χ2n) is 3.62. The molecule has 0 aromatic rings. The molecule has 1 aliphatic carbocycles.